The van der Waals surface area contributed by atoms with Crippen LogP contribution in [0.4, 0.5) is 0 Å². The number of nitrogens with two attached hydrogens (primary N) is 1. The van der Waals surface area contributed by atoms with Crippen molar-refractivity contribution in [2.75, 3.05) is 26.7 Å². The van der Waals surface area contributed by atoms with Crippen molar-refractivity contribution in [3.05, 3.63) is 0 Å². The van der Waals surface area contributed by atoms with E-state index >= 15 is 0 Å². The molecule has 0 aliphatic carbocycles. The van der Waals surface area contributed by atoms with Crippen molar-refractivity contribution in [1.29, 1.82) is 0 Å². The summed E-state index contributed by atoms with van der Waals surface area (Å²) in [5, 5.41) is 2.65. The molecule has 3 unspecified atom stereocenters. The van der Waals surface area contributed by atoms with Gasteiger partial charge in [0.15, 0.2) is 0 Å². The lowest BCUT2D eigenvalue weighted by Gasteiger charge is -2.25. The molecule has 0 radical (unpaired) electrons. The van der Waals surface area contributed by atoms with Gasteiger partial charge in [-0.05, 0) is 11.8 Å². The average Bonchev–Trinajstić information content (AvgIpc) is 2.55. The minimum Gasteiger partial charge on any atom is -0.359 e. The number of nitrogens with zero attached hydrogens (tertiary/aromatic N) is 1. The number of hydrogen-bond acceptors (Lipinski definition) is 3. The molecule has 3 N–H and O–H groups in total. The predicted molar refractivity (Wildman–Crippen MR) is 61.4 cm³/mol. The first-order chi connectivity index (χ1) is 7.08. The quantitative estimate of drug-likeness (QED) is 0.693. The highest BCUT2D eigenvalue weighted by molar-refractivity contribution is 5.76. The van der Waals surface area contributed by atoms with Crippen LogP contribution < -0.4 is 11.1 Å². The van der Waals surface area contributed by atoms with E-state index in [-0.39, 0.29) is 11.9 Å². The Labute approximate surface area is 92.2 Å². The Kier molecular flexibility index (Phi) is 4.54. The van der Waals surface area contributed by atoms with Crippen LogP contribution in [-0.2, 0) is 4.79 Å². The molecule has 1 aliphatic heterocycles. The molecule has 1 heterocycles. The minimum atomic E-state index is 0.0812. The summed E-state index contributed by atoms with van der Waals surface area (Å²) in [5.74, 6) is 1.50. The van der Waals surface area contributed by atoms with Crippen molar-refractivity contribution < 1.29 is 4.79 Å². The fraction of sp³-hybridized carbons (Fsp3) is 0.909. The smallest absolute Gasteiger partial charge is 0.221 e. The summed E-state index contributed by atoms with van der Waals surface area (Å²) in [7, 11) is 1.67. The fourth-order valence-electron chi connectivity index (χ4n) is 2.15. The topological polar surface area (TPSA) is 58.4 Å². The van der Waals surface area contributed by atoms with Gasteiger partial charge in [-0.15, -0.1) is 0 Å². The summed E-state index contributed by atoms with van der Waals surface area (Å²) in [4.78, 5) is 13.7. The standard InChI is InChI=1S/C11H23N3O/c1-8-6-14(7-9(8)2)10(5-12)4-11(15)13-3/h8-10H,4-7,12H2,1-3H3,(H,13,15). The van der Waals surface area contributed by atoms with Crippen LogP contribution in [0.3, 0.4) is 0 Å². The monoisotopic (exact) mass is 213 g/mol. The maximum Gasteiger partial charge on any atom is 0.221 e. The van der Waals surface area contributed by atoms with Crippen molar-refractivity contribution in [3.63, 3.8) is 0 Å². The third-order valence-corrected chi connectivity index (χ3v) is 3.50. The number of likely N-dealkylation sites (tertiary alicyclic amines) is 1. The third-order valence-electron chi connectivity index (χ3n) is 3.50. The highest BCUT2D eigenvalue weighted by Crippen LogP contribution is 2.24. The van der Waals surface area contributed by atoms with Crippen LogP contribution >= 0.6 is 0 Å². The molecule has 3 atom stereocenters. The Balaban J connectivity index is 2.49. The molecule has 15 heavy (non-hydrogen) atoms. The SMILES string of the molecule is CNC(=O)CC(CN)N1CC(C)C(C)C1. The summed E-state index contributed by atoms with van der Waals surface area (Å²) in [6.07, 6.45) is 0.520. The molecule has 88 valence electrons. The zero-order chi connectivity index (χ0) is 11.4. The van der Waals surface area contributed by atoms with Gasteiger partial charge in [-0.2, -0.15) is 0 Å². The summed E-state index contributed by atoms with van der Waals surface area (Å²) in [5.41, 5.74) is 5.72. The van der Waals surface area contributed by atoms with Crippen LogP contribution in [-0.4, -0.2) is 43.5 Å². The molecular formula is C11H23N3O. The van der Waals surface area contributed by atoms with Crippen molar-refractivity contribution in [2.24, 2.45) is 17.6 Å². The van der Waals surface area contributed by atoms with E-state index in [0.29, 0.717) is 24.8 Å². The average molecular weight is 213 g/mol. The minimum absolute atomic E-state index is 0.0812. The molecule has 0 spiro atoms. The molecule has 1 amide bonds. The molecule has 1 rings (SSSR count). The van der Waals surface area contributed by atoms with Gasteiger partial charge in [0.1, 0.15) is 0 Å². The summed E-state index contributed by atoms with van der Waals surface area (Å²) in [6, 6.07) is 0.206. The van der Waals surface area contributed by atoms with Crippen LogP contribution in [0.15, 0.2) is 0 Å². The number of hydrogen-bond donors (Lipinski definition) is 2. The van der Waals surface area contributed by atoms with E-state index < -0.39 is 0 Å². The summed E-state index contributed by atoms with van der Waals surface area (Å²) in [6.45, 7) is 7.23. The number of rotatable bonds is 4. The van der Waals surface area contributed by atoms with E-state index in [9.17, 15) is 4.79 Å². The van der Waals surface area contributed by atoms with Gasteiger partial charge < -0.3 is 11.1 Å². The van der Waals surface area contributed by atoms with Crippen molar-refractivity contribution >= 4 is 5.91 Å². The number of nitrogens with one attached hydrogen (secondary N) is 1. The maximum atomic E-state index is 11.3. The first-order valence-electron chi connectivity index (χ1n) is 5.73. The maximum absolute atomic E-state index is 11.3. The predicted octanol–water partition coefficient (Wildman–Crippen LogP) is 0.0376. The molecule has 0 aromatic rings. The molecule has 0 aromatic heterocycles. The molecule has 0 bridgehead atoms. The lowest BCUT2D eigenvalue weighted by Crippen LogP contribution is -2.42. The number of amides is 1. The van der Waals surface area contributed by atoms with Gasteiger partial charge >= 0.3 is 0 Å². The van der Waals surface area contributed by atoms with E-state index in [1.165, 1.54) is 0 Å². The van der Waals surface area contributed by atoms with Crippen LogP contribution in [0.5, 0.6) is 0 Å². The molecule has 4 heteroatoms. The lowest BCUT2D eigenvalue weighted by molar-refractivity contribution is -0.121. The van der Waals surface area contributed by atoms with Crippen molar-refractivity contribution in [1.82, 2.24) is 10.2 Å². The molecule has 1 saturated heterocycles. The first kappa shape index (κ1) is 12.5. The molecular weight excluding hydrogens is 190 g/mol. The highest BCUT2D eigenvalue weighted by Gasteiger charge is 2.31. The van der Waals surface area contributed by atoms with Crippen LogP contribution in [0.1, 0.15) is 20.3 Å². The zero-order valence-electron chi connectivity index (χ0n) is 9.99. The van der Waals surface area contributed by atoms with Gasteiger partial charge in [0.2, 0.25) is 5.91 Å². The Morgan fingerprint density at radius 2 is 2.00 bits per heavy atom. The van der Waals surface area contributed by atoms with Crippen molar-refractivity contribution in [3.8, 4) is 0 Å². The van der Waals surface area contributed by atoms with Gasteiger partial charge in [0, 0.05) is 39.1 Å². The second-order valence-electron chi connectivity index (χ2n) is 4.68. The van der Waals surface area contributed by atoms with E-state index in [1.54, 1.807) is 7.05 Å². The Hall–Kier alpha value is -0.610. The summed E-state index contributed by atoms with van der Waals surface area (Å²) < 4.78 is 0. The van der Waals surface area contributed by atoms with Gasteiger partial charge in [-0.1, -0.05) is 13.8 Å². The Bertz CT molecular complexity index is 210. The summed E-state index contributed by atoms with van der Waals surface area (Å²) >= 11 is 0. The first-order valence-corrected chi connectivity index (χ1v) is 5.73. The largest absolute Gasteiger partial charge is 0.359 e. The van der Waals surface area contributed by atoms with Crippen LogP contribution in [0.2, 0.25) is 0 Å². The van der Waals surface area contributed by atoms with Gasteiger partial charge in [-0.25, -0.2) is 0 Å². The second kappa shape index (κ2) is 5.47. The lowest BCUT2D eigenvalue weighted by atomic mass is 10.0. The Morgan fingerprint density at radius 3 is 2.40 bits per heavy atom. The molecule has 0 saturated carbocycles. The molecule has 1 fully saturated rings. The Morgan fingerprint density at radius 1 is 1.47 bits per heavy atom. The van der Waals surface area contributed by atoms with Gasteiger partial charge in [0.05, 0.1) is 0 Å². The van der Waals surface area contributed by atoms with Crippen molar-refractivity contribution in [2.45, 2.75) is 26.3 Å². The highest BCUT2D eigenvalue weighted by atomic mass is 16.1. The molecule has 0 aromatic carbocycles. The van der Waals surface area contributed by atoms with Crippen LogP contribution in [0.25, 0.3) is 0 Å². The van der Waals surface area contributed by atoms with E-state index in [2.05, 4.69) is 24.1 Å². The fourth-order valence-corrected chi connectivity index (χ4v) is 2.15. The molecule has 1 aliphatic rings. The third kappa shape index (κ3) is 3.18. The van der Waals surface area contributed by atoms with Gasteiger partial charge in [0.25, 0.3) is 0 Å². The van der Waals surface area contributed by atoms with E-state index in [0.717, 1.165) is 13.1 Å². The normalized spacial score (nSPS) is 29.1. The van der Waals surface area contributed by atoms with Gasteiger partial charge in [-0.3, -0.25) is 9.69 Å². The molecule has 4 nitrogen and oxygen atoms in total. The van der Waals surface area contributed by atoms with Crippen LogP contribution in [0, 0.1) is 11.8 Å². The second-order valence-corrected chi connectivity index (χ2v) is 4.68. The zero-order valence-corrected chi connectivity index (χ0v) is 9.99. The van der Waals surface area contributed by atoms with E-state index in [4.69, 9.17) is 5.73 Å². The number of carbonyl (C=O) groups is 1. The number of carbonyl (C=O) groups excluding carboxylic acids is 1. The van der Waals surface area contributed by atoms with E-state index in [1.807, 2.05) is 0 Å².